The van der Waals surface area contributed by atoms with Crippen LogP contribution in [0.15, 0.2) is 33.9 Å². The van der Waals surface area contributed by atoms with Gasteiger partial charge in [-0.1, -0.05) is 23.9 Å². The third-order valence-corrected chi connectivity index (χ3v) is 4.37. The molecule has 0 unspecified atom stereocenters. The summed E-state index contributed by atoms with van der Waals surface area (Å²) in [5, 5.41) is 9.47. The zero-order valence-electron chi connectivity index (χ0n) is 9.35. The lowest BCUT2D eigenvalue weighted by atomic mass is 10.1. The number of oxazole rings is 1. The van der Waals surface area contributed by atoms with Gasteiger partial charge < -0.3 is 4.42 Å². The standard InChI is InChI=1S/C13H12N2OS/c14-8-7-13(5-6-13)9-17-12-15-10-3-1-2-4-11(10)16-12/h1-4H,5-7,9H2. The van der Waals surface area contributed by atoms with Gasteiger partial charge in [0.2, 0.25) is 0 Å². The predicted octanol–water partition coefficient (Wildman–Crippen LogP) is 3.61. The van der Waals surface area contributed by atoms with Crippen LogP contribution in [0.2, 0.25) is 0 Å². The molecular formula is C13H12N2OS. The van der Waals surface area contributed by atoms with E-state index in [9.17, 15) is 0 Å². The molecule has 0 aliphatic heterocycles. The number of hydrogen-bond acceptors (Lipinski definition) is 4. The maximum atomic E-state index is 8.76. The average molecular weight is 244 g/mol. The van der Waals surface area contributed by atoms with E-state index in [1.54, 1.807) is 11.8 Å². The second-order valence-corrected chi connectivity index (χ2v) is 5.50. The van der Waals surface area contributed by atoms with Gasteiger partial charge in [0.25, 0.3) is 5.22 Å². The molecular weight excluding hydrogens is 232 g/mol. The molecule has 1 saturated carbocycles. The van der Waals surface area contributed by atoms with Crippen LogP contribution in [0.3, 0.4) is 0 Å². The minimum absolute atomic E-state index is 0.236. The molecule has 1 fully saturated rings. The topological polar surface area (TPSA) is 49.8 Å². The SMILES string of the molecule is N#CCC1(CSc2nc3ccccc3o2)CC1. The van der Waals surface area contributed by atoms with E-state index in [0.717, 1.165) is 34.9 Å². The van der Waals surface area contributed by atoms with Crippen molar-refractivity contribution in [2.24, 2.45) is 5.41 Å². The van der Waals surface area contributed by atoms with Gasteiger partial charge >= 0.3 is 0 Å². The van der Waals surface area contributed by atoms with Crippen LogP contribution in [0.5, 0.6) is 0 Å². The Morgan fingerprint density at radius 3 is 2.94 bits per heavy atom. The van der Waals surface area contributed by atoms with Crippen LogP contribution in [-0.4, -0.2) is 10.7 Å². The second kappa shape index (κ2) is 4.08. The summed E-state index contributed by atoms with van der Waals surface area (Å²) in [7, 11) is 0. The molecule has 1 aliphatic carbocycles. The largest absolute Gasteiger partial charge is 0.431 e. The summed E-state index contributed by atoms with van der Waals surface area (Å²) in [4.78, 5) is 4.42. The number of aromatic nitrogens is 1. The quantitative estimate of drug-likeness (QED) is 0.771. The average Bonchev–Trinajstić information content (AvgIpc) is 2.98. The fourth-order valence-corrected chi connectivity index (χ4v) is 2.98. The maximum absolute atomic E-state index is 8.76. The van der Waals surface area contributed by atoms with Gasteiger partial charge in [-0.2, -0.15) is 5.26 Å². The Bertz CT molecular complexity index is 547. The highest BCUT2D eigenvalue weighted by Crippen LogP contribution is 2.51. The second-order valence-electron chi connectivity index (χ2n) is 4.57. The number of benzene rings is 1. The van der Waals surface area contributed by atoms with Crippen molar-refractivity contribution in [2.45, 2.75) is 24.5 Å². The molecule has 0 spiro atoms. The molecule has 0 amide bonds. The number of thioether (sulfide) groups is 1. The van der Waals surface area contributed by atoms with E-state index in [-0.39, 0.29) is 5.41 Å². The number of nitrogens with zero attached hydrogens (tertiary/aromatic N) is 2. The zero-order chi connectivity index (χ0) is 11.7. The minimum atomic E-state index is 0.236. The first-order valence-corrected chi connectivity index (χ1v) is 6.65. The minimum Gasteiger partial charge on any atom is -0.431 e. The summed E-state index contributed by atoms with van der Waals surface area (Å²) in [5.41, 5.74) is 1.97. The van der Waals surface area contributed by atoms with Gasteiger partial charge in [-0.05, 0) is 30.4 Å². The van der Waals surface area contributed by atoms with Crippen LogP contribution in [0, 0.1) is 16.7 Å². The van der Waals surface area contributed by atoms with Crippen LogP contribution in [-0.2, 0) is 0 Å². The summed E-state index contributed by atoms with van der Waals surface area (Å²) in [6.07, 6.45) is 2.97. The Morgan fingerprint density at radius 2 is 2.24 bits per heavy atom. The number of hydrogen-bond donors (Lipinski definition) is 0. The highest BCUT2D eigenvalue weighted by atomic mass is 32.2. The van der Waals surface area contributed by atoms with E-state index < -0.39 is 0 Å². The van der Waals surface area contributed by atoms with Crippen LogP contribution < -0.4 is 0 Å². The molecule has 1 aliphatic rings. The van der Waals surface area contributed by atoms with Crippen molar-refractivity contribution >= 4 is 22.9 Å². The molecule has 0 N–H and O–H groups in total. The fraction of sp³-hybridized carbons (Fsp3) is 0.385. The predicted molar refractivity (Wildman–Crippen MR) is 66.6 cm³/mol. The van der Waals surface area contributed by atoms with E-state index in [1.165, 1.54) is 0 Å². The third kappa shape index (κ3) is 2.16. The normalized spacial score (nSPS) is 16.9. The lowest BCUT2D eigenvalue weighted by molar-refractivity contribution is 0.486. The van der Waals surface area contributed by atoms with Crippen LogP contribution in [0.1, 0.15) is 19.3 Å². The van der Waals surface area contributed by atoms with Gasteiger partial charge in [0.15, 0.2) is 5.58 Å². The van der Waals surface area contributed by atoms with Crippen molar-refractivity contribution in [2.75, 3.05) is 5.75 Å². The van der Waals surface area contributed by atoms with E-state index in [0.29, 0.717) is 6.42 Å². The van der Waals surface area contributed by atoms with Crippen molar-refractivity contribution in [3.63, 3.8) is 0 Å². The summed E-state index contributed by atoms with van der Waals surface area (Å²) in [6.45, 7) is 0. The van der Waals surface area contributed by atoms with E-state index in [4.69, 9.17) is 9.68 Å². The molecule has 0 atom stereocenters. The lowest BCUT2D eigenvalue weighted by Gasteiger charge is -2.06. The third-order valence-electron chi connectivity index (χ3n) is 3.19. The van der Waals surface area contributed by atoms with Crippen LogP contribution >= 0.6 is 11.8 Å². The monoisotopic (exact) mass is 244 g/mol. The Labute approximate surface area is 104 Å². The van der Waals surface area contributed by atoms with Crippen molar-refractivity contribution < 1.29 is 4.42 Å². The van der Waals surface area contributed by atoms with Gasteiger partial charge in [-0.25, -0.2) is 4.98 Å². The van der Waals surface area contributed by atoms with Gasteiger partial charge in [-0.3, -0.25) is 0 Å². The Morgan fingerprint density at radius 1 is 1.41 bits per heavy atom. The summed E-state index contributed by atoms with van der Waals surface area (Å²) in [6, 6.07) is 10.0. The Kier molecular flexibility index (Phi) is 2.56. The highest BCUT2D eigenvalue weighted by molar-refractivity contribution is 7.99. The number of rotatable bonds is 4. The number of para-hydroxylation sites is 2. The van der Waals surface area contributed by atoms with Gasteiger partial charge in [0, 0.05) is 12.2 Å². The molecule has 86 valence electrons. The molecule has 0 saturated heterocycles. The molecule has 0 bridgehead atoms. The maximum Gasteiger partial charge on any atom is 0.256 e. The molecule has 1 aromatic carbocycles. The van der Waals surface area contributed by atoms with Crippen LogP contribution in [0.25, 0.3) is 11.1 Å². The highest BCUT2D eigenvalue weighted by Gasteiger charge is 2.42. The fourth-order valence-electron chi connectivity index (χ4n) is 1.84. The van der Waals surface area contributed by atoms with Gasteiger partial charge in [0.1, 0.15) is 5.52 Å². The van der Waals surface area contributed by atoms with E-state index >= 15 is 0 Å². The van der Waals surface area contributed by atoms with Gasteiger partial charge in [0.05, 0.1) is 6.07 Å². The van der Waals surface area contributed by atoms with E-state index in [2.05, 4.69) is 11.1 Å². The first-order valence-electron chi connectivity index (χ1n) is 5.67. The molecule has 1 aromatic heterocycles. The molecule has 0 radical (unpaired) electrons. The number of fused-ring (bicyclic) bond motifs is 1. The van der Waals surface area contributed by atoms with Crippen molar-refractivity contribution in [3.05, 3.63) is 24.3 Å². The van der Waals surface area contributed by atoms with Crippen molar-refractivity contribution in [1.29, 1.82) is 5.26 Å². The molecule has 3 nitrogen and oxygen atoms in total. The van der Waals surface area contributed by atoms with Crippen molar-refractivity contribution in [1.82, 2.24) is 4.98 Å². The zero-order valence-corrected chi connectivity index (χ0v) is 10.2. The summed E-state index contributed by atoms with van der Waals surface area (Å²) in [5.74, 6) is 0.938. The molecule has 3 rings (SSSR count). The summed E-state index contributed by atoms with van der Waals surface area (Å²) >= 11 is 1.63. The van der Waals surface area contributed by atoms with Crippen molar-refractivity contribution in [3.8, 4) is 6.07 Å². The Hall–Kier alpha value is -1.47. The molecule has 2 aromatic rings. The first-order chi connectivity index (χ1) is 8.31. The molecule has 4 heteroatoms. The molecule has 1 heterocycles. The Balaban J connectivity index is 1.71. The first kappa shape index (κ1) is 10.7. The van der Waals surface area contributed by atoms with Crippen LogP contribution in [0.4, 0.5) is 0 Å². The number of nitriles is 1. The lowest BCUT2D eigenvalue weighted by Crippen LogP contribution is -2.02. The molecule has 17 heavy (non-hydrogen) atoms. The smallest absolute Gasteiger partial charge is 0.256 e. The van der Waals surface area contributed by atoms with Gasteiger partial charge in [-0.15, -0.1) is 0 Å². The summed E-state index contributed by atoms with van der Waals surface area (Å²) < 4.78 is 5.64. The van der Waals surface area contributed by atoms with E-state index in [1.807, 2.05) is 24.3 Å².